The lowest BCUT2D eigenvalue weighted by atomic mass is 9.49. The molecule has 1 aliphatic heterocycles. The molecule has 4 saturated carbocycles. The zero-order valence-corrected chi connectivity index (χ0v) is 20.4. The average molecular weight is 487 g/mol. The minimum Gasteiger partial charge on any atom is -0.340 e. The van der Waals surface area contributed by atoms with Crippen LogP contribution in [-0.4, -0.2) is 19.6 Å². The molecular weight excluding hydrogens is 453 g/mol. The fourth-order valence-corrected chi connectivity index (χ4v) is 8.76. The summed E-state index contributed by atoms with van der Waals surface area (Å²) < 4.78 is 40.2. The molecule has 0 atom stereocenters. The summed E-state index contributed by atoms with van der Waals surface area (Å²) >= 11 is 1.56. The number of para-hydroxylation sites is 1. The number of alkyl halides is 3. The second-order valence-electron chi connectivity index (χ2n) is 11.2. The van der Waals surface area contributed by atoms with Crippen LogP contribution < -0.4 is 10.2 Å². The van der Waals surface area contributed by atoms with Crippen LogP contribution in [-0.2, 0) is 6.18 Å². The summed E-state index contributed by atoms with van der Waals surface area (Å²) in [5.41, 5.74) is 1.70. The van der Waals surface area contributed by atoms with Gasteiger partial charge in [-0.1, -0.05) is 23.9 Å². The van der Waals surface area contributed by atoms with E-state index in [2.05, 4.69) is 16.3 Å². The van der Waals surface area contributed by atoms with Gasteiger partial charge in [0.05, 0.1) is 16.9 Å². The van der Waals surface area contributed by atoms with Gasteiger partial charge < -0.3 is 10.2 Å². The second-order valence-corrected chi connectivity index (χ2v) is 12.3. The minimum absolute atomic E-state index is 0.579. The third-order valence-corrected chi connectivity index (χ3v) is 9.82. The maximum Gasteiger partial charge on any atom is 0.416 e. The van der Waals surface area contributed by atoms with Crippen molar-refractivity contribution in [2.75, 3.05) is 24.5 Å². The molecule has 1 N–H and O–H groups in total. The smallest absolute Gasteiger partial charge is 0.340 e. The van der Waals surface area contributed by atoms with Gasteiger partial charge in [-0.05, 0) is 118 Å². The van der Waals surface area contributed by atoms with E-state index in [0.717, 1.165) is 52.7 Å². The molecule has 0 radical (unpaired) electrons. The Balaban J connectivity index is 1.08. The zero-order chi connectivity index (χ0) is 23.3. The Morgan fingerprint density at radius 2 is 1.56 bits per heavy atom. The lowest BCUT2D eigenvalue weighted by Gasteiger charge is -2.57. The molecular formula is C28H33F3N2S. The van der Waals surface area contributed by atoms with Crippen molar-refractivity contribution in [3.8, 4) is 0 Å². The molecule has 5 aliphatic rings. The van der Waals surface area contributed by atoms with Crippen molar-refractivity contribution >= 4 is 23.1 Å². The van der Waals surface area contributed by atoms with Gasteiger partial charge in [0.2, 0.25) is 0 Å². The highest BCUT2D eigenvalue weighted by Gasteiger charge is 2.50. The SMILES string of the molecule is FC(F)(F)c1ccc2c(c1)N(CCCNCCC13CC4CC(CC(C4)C1)C3)c1ccccc1S2. The van der Waals surface area contributed by atoms with Crippen LogP contribution >= 0.6 is 11.8 Å². The first-order chi connectivity index (χ1) is 16.4. The molecule has 0 aromatic heterocycles. The van der Waals surface area contributed by atoms with Crippen molar-refractivity contribution in [1.29, 1.82) is 0 Å². The third-order valence-electron chi connectivity index (χ3n) is 8.69. The first-order valence-electron chi connectivity index (χ1n) is 12.8. The van der Waals surface area contributed by atoms with Crippen LogP contribution in [0.5, 0.6) is 0 Å². The van der Waals surface area contributed by atoms with Crippen LogP contribution in [0.15, 0.2) is 52.3 Å². The Kier molecular flexibility index (Phi) is 5.88. The summed E-state index contributed by atoms with van der Waals surface area (Å²) in [5.74, 6) is 2.97. The van der Waals surface area contributed by atoms with E-state index in [4.69, 9.17) is 0 Å². The number of fused-ring (bicyclic) bond motifs is 2. The van der Waals surface area contributed by atoms with Crippen molar-refractivity contribution in [1.82, 2.24) is 5.32 Å². The van der Waals surface area contributed by atoms with Gasteiger partial charge >= 0.3 is 6.18 Å². The van der Waals surface area contributed by atoms with E-state index in [1.54, 1.807) is 17.8 Å². The highest BCUT2D eigenvalue weighted by molar-refractivity contribution is 7.99. The van der Waals surface area contributed by atoms with Crippen molar-refractivity contribution in [2.45, 2.75) is 67.3 Å². The number of rotatable bonds is 7. The molecule has 0 amide bonds. The summed E-state index contributed by atoms with van der Waals surface area (Å²) in [6.45, 7) is 2.66. The number of hydrogen-bond acceptors (Lipinski definition) is 3. The van der Waals surface area contributed by atoms with Crippen molar-refractivity contribution in [2.24, 2.45) is 23.2 Å². The van der Waals surface area contributed by atoms with Gasteiger partial charge in [-0.2, -0.15) is 13.2 Å². The number of halogens is 3. The first kappa shape index (κ1) is 22.8. The van der Waals surface area contributed by atoms with Crippen molar-refractivity contribution < 1.29 is 13.2 Å². The van der Waals surface area contributed by atoms with Crippen LogP contribution in [0.2, 0.25) is 0 Å². The number of nitrogens with one attached hydrogen (secondary N) is 1. The molecule has 34 heavy (non-hydrogen) atoms. The molecule has 4 aliphatic carbocycles. The third kappa shape index (κ3) is 4.37. The van der Waals surface area contributed by atoms with E-state index in [-0.39, 0.29) is 0 Å². The summed E-state index contributed by atoms with van der Waals surface area (Å²) in [6.07, 6.45) is 6.65. The fourth-order valence-electron chi connectivity index (χ4n) is 7.68. The highest BCUT2D eigenvalue weighted by Crippen LogP contribution is 2.61. The molecule has 4 bridgehead atoms. The monoisotopic (exact) mass is 486 g/mol. The number of benzene rings is 2. The van der Waals surface area contributed by atoms with Crippen LogP contribution in [0.3, 0.4) is 0 Å². The molecule has 0 spiro atoms. The normalized spacial score (nSPS) is 29.3. The Morgan fingerprint density at radius 1 is 0.882 bits per heavy atom. The topological polar surface area (TPSA) is 15.3 Å². The predicted octanol–water partition coefficient (Wildman–Crippen LogP) is 7.89. The van der Waals surface area contributed by atoms with Crippen molar-refractivity contribution in [3.05, 3.63) is 48.0 Å². The van der Waals surface area contributed by atoms with Gasteiger partial charge in [-0.3, -0.25) is 0 Å². The number of hydrogen-bond donors (Lipinski definition) is 1. The molecule has 2 nitrogen and oxygen atoms in total. The average Bonchev–Trinajstić information content (AvgIpc) is 2.78. The predicted molar refractivity (Wildman–Crippen MR) is 132 cm³/mol. The molecule has 182 valence electrons. The van der Waals surface area contributed by atoms with Gasteiger partial charge in [0.25, 0.3) is 0 Å². The van der Waals surface area contributed by atoms with Crippen LogP contribution in [0.1, 0.15) is 56.9 Å². The van der Waals surface area contributed by atoms with E-state index in [1.807, 2.05) is 18.2 Å². The Hall–Kier alpha value is -1.66. The maximum atomic E-state index is 13.4. The maximum absolute atomic E-state index is 13.4. The molecule has 2 aromatic rings. The lowest BCUT2D eigenvalue weighted by molar-refractivity contribution is -0.137. The molecule has 1 heterocycles. The van der Waals surface area contributed by atoms with E-state index < -0.39 is 11.7 Å². The molecule has 2 aromatic carbocycles. The van der Waals surface area contributed by atoms with E-state index in [1.165, 1.54) is 57.1 Å². The first-order valence-corrected chi connectivity index (χ1v) is 13.7. The Morgan fingerprint density at radius 3 is 2.26 bits per heavy atom. The van der Waals surface area contributed by atoms with Gasteiger partial charge in [0.1, 0.15) is 0 Å². The summed E-state index contributed by atoms with van der Waals surface area (Å²) in [5, 5.41) is 3.67. The molecule has 4 fully saturated rings. The minimum atomic E-state index is -4.33. The van der Waals surface area contributed by atoms with Crippen molar-refractivity contribution in [3.63, 3.8) is 0 Å². The summed E-state index contributed by atoms with van der Waals surface area (Å²) in [7, 11) is 0. The molecule has 7 rings (SSSR count). The second kappa shape index (κ2) is 8.77. The highest BCUT2D eigenvalue weighted by atomic mass is 32.2. The zero-order valence-electron chi connectivity index (χ0n) is 19.5. The van der Waals surface area contributed by atoms with Gasteiger partial charge in [-0.25, -0.2) is 0 Å². The number of anilines is 2. The fraction of sp³-hybridized carbons (Fsp3) is 0.571. The van der Waals surface area contributed by atoms with Crippen LogP contribution in [0, 0.1) is 23.2 Å². The molecule has 0 saturated heterocycles. The van der Waals surface area contributed by atoms with Gasteiger partial charge in [0, 0.05) is 16.3 Å². The molecule has 0 unspecified atom stereocenters. The molecule has 6 heteroatoms. The number of nitrogens with zero attached hydrogens (tertiary/aromatic N) is 1. The quantitative estimate of drug-likeness (QED) is 0.401. The Labute approximate surface area is 204 Å². The Bertz CT molecular complexity index is 1010. The van der Waals surface area contributed by atoms with Crippen LogP contribution in [0.25, 0.3) is 0 Å². The summed E-state index contributed by atoms with van der Waals surface area (Å²) in [4.78, 5) is 4.07. The largest absolute Gasteiger partial charge is 0.416 e. The van der Waals surface area contributed by atoms with Crippen LogP contribution in [0.4, 0.5) is 24.5 Å². The standard InChI is InChI=1S/C28H33F3N2S/c29-28(30,31)22-6-7-26-24(15-22)33(23-4-1-2-5-25(23)34-26)11-3-9-32-10-8-27-16-19-12-20(17-27)14-21(13-19)18-27/h1-2,4-7,15,19-21,32H,3,8-14,16-18H2. The van der Waals surface area contributed by atoms with Gasteiger partial charge in [-0.15, -0.1) is 0 Å². The van der Waals surface area contributed by atoms with Gasteiger partial charge in [0.15, 0.2) is 0 Å². The lowest BCUT2D eigenvalue weighted by Crippen LogP contribution is -2.47. The van der Waals surface area contributed by atoms with E-state index in [9.17, 15) is 13.2 Å². The summed E-state index contributed by atoms with van der Waals surface area (Å²) in [6, 6.07) is 12.2. The van der Waals surface area contributed by atoms with E-state index >= 15 is 0 Å². The van der Waals surface area contributed by atoms with E-state index in [0.29, 0.717) is 17.6 Å².